The van der Waals surface area contributed by atoms with Gasteiger partial charge in [0.2, 0.25) is 5.91 Å². The molecule has 0 aliphatic heterocycles. The highest BCUT2D eigenvalue weighted by Gasteiger charge is 2.18. The average molecular weight is 297 g/mol. The maximum Gasteiger partial charge on any atom is 0.336 e. The third-order valence-corrected chi connectivity index (χ3v) is 3.99. The van der Waals surface area contributed by atoms with Gasteiger partial charge in [0, 0.05) is 18.4 Å². The van der Waals surface area contributed by atoms with Crippen LogP contribution in [0.4, 0.5) is 0 Å². The van der Waals surface area contributed by atoms with Crippen LogP contribution in [0, 0.1) is 0 Å². The van der Waals surface area contributed by atoms with Crippen LogP contribution in [0.2, 0.25) is 0 Å². The number of rotatable bonds is 4. The number of aromatic nitrogens is 1. The van der Waals surface area contributed by atoms with E-state index in [2.05, 4.69) is 6.92 Å². The molecule has 4 heteroatoms. The summed E-state index contributed by atoms with van der Waals surface area (Å²) in [5.74, 6) is -0.0724. The first-order chi connectivity index (χ1) is 10.6. The number of benzene rings is 1. The largest absolute Gasteiger partial charge is 0.420 e. The van der Waals surface area contributed by atoms with Gasteiger partial charge in [0.15, 0.2) is 5.58 Å². The van der Waals surface area contributed by atoms with Gasteiger partial charge in [0.05, 0.1) is 11.0 Å². The molecule has 114 valence electrons. The van der Waals surface area contributed by atoms with E-state index in [0.29, 0.717) is 5.58 Å². The second-order valence-corrected chi connectivity index (χ2v) is 5.60. The zero-order chi connectivity index (χ0) is 15.7. The molecule has 0 fully saturated rings. The van der Waals surface area contributed by atoms with E-state index in [-0.39, 0.29) is 11.5 Å². The van der Waals surface area contributed by atoms with Crippen molar-refractivity contribution in [3.8, 4) is 0 Å². The second-order valence-electron chi connectivity index (χ2n) is 5.60. The summed E-state index contributed by atoms with van der Waals surface area (Å²) in [7, 11) is 0. The monoisotopic (exact) mass is 297 g/mol. The number of aryl methyl sites for hydroxylation is 1. The maximum atomic E-state index is 12.1. The van der Waals surface area contributed by atoms with Crippen molar-refractivity contribution in [3.63, 3.8) is 0 Å². The van der Waals surface area contributed by atoms with Crippen molar-refractivity contribution < 1.29 is 9.21 Å². The third kappa shape index (κ3) is 2.34. The highest BCUT2D eigenvalue weighted by Crippen LogP contribution is 2.30. The van der Waals surface area contributed by atoms with Gasteiger partial charge in [-0.1, -0.05) is 31.9 Å². The van der Waals surface area contributed by atoms with E-state index in [1.165, 1.54) is 13.0 Å². The first kappa shape index (κ1) is 14.6. The Kier molecular flexibility index (Phi) is 3.84. The summed E-state index contributed by atoms with van der Waals surface area (Å²) in [6, 6.07) is 9.06. The normalized spacial score (nSPS) is 11.4. The molecular weight excluding hydrogens is 278 g/mol. The van der Waals surface area contributed by atoms with Crippen molar-refractivity contribution in [2.75, 3.05) is 0 Å². The summed E-state index contributed by atoms with van der Waals surface area (Å²) in [6.07, 6.45) is 3.98. The fourth-order valence-corrected chi connectivity index (χ4v) is 3.03. The summed E-state index contributed by atoms with van der Waals surface area (Å²) in [5, 5.41) is 0.808. The van der Waals surface area contributed by atoms with Crippen LogP contribution < -0.4 is 5.63 Å². The number of unbranched alkanes of at least 4 members (excludes halogenated alkanes) is 2. The summed E-state index contributed by atoms with van der Waals surface area (Å²) in [5.41, 5.74) is 2.59. The van der Waals surface area contributed by atoms with Crippen LogP contribution in [-0.4, -0.2) is 10.5 Å². The lowest BCUT2D eigenvalue weighted by molar-refractivity contribution is 0.0946. The van der Waals surface area contributed by atoms with E-state index in [4.69, 9.17) is 4.42 Å². The van der Waals surface area contributed by atoms with Gasteiger partial charge in [-0.3, -0.25) is 9.36 Å². The summed E-state index contributed by atoms with van der Waals surface area (Å²) in [4.78, 5) is 24.0. The molecule has 2 aromatic heterocycles. The molecule has 0 amide bonds. The third-order valence-electron chi connectivity index (χ3n) is 3.99. The second kappa shape index (κ2) is 5.79. The molecule has 0 aliphatic carbocycles. The van der Waals surface area contributed by atoms with Crippen molar-refractivity contribution in [3.05, 3.63) is 46.3 Å². The van der Waals surface area contributed by atoms with Gasteiger partial charge in [-0.15, -0.1) is 0 Å². The lowest BCUT2D eigenvalue weighted by Crippen LogP contribution is -2.08. The number of hydrogen-bond acceptors (Lipinski definition) is 3. The van der Waals surface area contributed by atoms with Gasteiger partial charge in [0.25, 0.3) is 0 Å². The van der Waals surface area contributed by atoms with Crippen molar-refractivity contribution >= 4 is 27.9 Å². The Morgan fingerprint density at radius 3 is 2.73 bits per heavy atom. The van der Waals surface area contributed by atoms with E-state index in [9.17, 15) is 9.59 Å². The van der Waals surface area contributed by atoms with Crippen molar-refractivity contribution in [2.45, 2.75) is 39.5 Å². The maximum absolute atomic E-state index is 12.1. The predicted octanol–water partition coefficient (Wildman–Crippen LogP) is 4.14. The molecule has 0 saturated carbocycles. The van der Waals surface area contributed by atoms with Crippen LogP contribution in [0.1, 0.15) is 43.5 Å². The first-order valence-corrected chi connectivity index (χ1v) is 7.70. The number of para-hydroxylation sites is 1. The van der Waals surface area contributed by atoms with E-state index in [0.717, 1.165) is 47.7 Å². The minimum Gasteiger partial charge on any atom is -0.420 e. The Hall–Kier alpha value is -2.36. The minimum atomic E-state index is -0.356. The molecule has 22 heavy (non-hydrogen) atoms. The van der Waals surface area contributed by atoms with Crippen LogP contribution in [-0.2, 0) is 6.42 Å². The van der Waals surface area contributed by atoms with Crippen LogP contribution >= 0.6 is 0 Å². The van der Waals surface area contributed by atoms with Crippen molar-refractivity contribution in [1.82, 2.24) is 4.57 Å². The Bertz CT molecular complexity index is 902. The van der Waals surface area contributed by atoms with Gasteiger partial charge in [-0.05, 0) is 30.5 Å². The highest BCUT2D eigenvalue weighted by atomic mass is 16.4. The molecule has 0 unspecified atom stereocenters. The average Bonchev–Trinajstić information content (AvgIpc) is 2.82. The summed E-state index contributed by atoms with van der Waals surface area (Å²) >= 11 is 0. The van der Waals surface area contributed by atoms with Gasteiger partial charge >= 0.3 is 5.63 Å². The molecular formula is C18H19NO3. The van der Waals surface area contributed by atoms with Crippen LogP contribution in [0.3, 0.4) is 0 Å². The summed E-state index contributed by atoms with van der Waals surface area (Å²) in [6.45, 7) is 3.67. The minimum absolute atomic E-state index is 0.0724. The van der Waals surface area contributed by atoms with Crippen LogP contribution in [0.25, 0.3) is 22.0 Å². The molecule has 2 heterocycles. The van der Waals surface area contributed by atoms with Gasteiger partial charge in [0.1, 0.15) is 0 Å². The lowest BCUT2D eigenvalue weighted by Gasteiger charge is -2.06. The fraction of sp³-hybridized carbons (Fsp3) is 0.333. The zero-order valence-electron chi connectivity index (χ0n) is 12.9. The smallest absolute Gasteiger partial charge is 0.336 e. The molecule has 4 nitrogen and oxygen atoms in total. The Balaban J connectivity index is 2.36. The van der Waals surface area contributed by atoms with E-state index in [1.54, 1.807) is 4.57 Å². The van der Waals surface area contributed by atoms with E-state index < -0.39 is 0 Å². The van der Waals surface area contributed by atoms with Crippen molar-refractivity contribution in [2.24, 2.45) is 0 Å². The number of hydrogen-bond donors (Lipinski definition) is 0. The quantitative estimate of drug-likeness (QED) is 0.680. The van der Waals surface area contributed by atoms with Crippen molar-refractivity contribution in [1.29, 1.82) is 0 Å². The fourth-order valence-electron chi connectivity index (χ4n) is 3.03. The number of nitrogens with zero attached hydrogens (tertiary/aromatic N) is 1. The van der Waals surface area contributed by atoms with E-state index in [1.807, 2.05) is 24.3 Å². The molecule has 0 aliphatic rings. The standard InChI is InChI=1S/C18H19NO3/c1-3-4-5-8-13-11-16(21)22-18-14-9-6-7-10-15(14)19(12(2)20)17(13)18/h6-7,9-11H,3-5,8H2,1-2H3. The van der Waals surface area contributed by atoms with E-state index >= 15 is 0 Å². The molecule has 0 bridgehead atoms. The molecule has 0 saturated heterocycles. The first-order valence-electron chi connectivity index (χ1n) is 7.70. The van der Waals surface area contributed by atoms with Crippen LogP contribution in [0.5, 0.6) is 0 Å². The molecule has 3 aromatic rings. The Morgan fingerprint density at radius 2 is 2.00 bits per heavy atom. The predicted molar refractivity (Wildman–Crippen MR) is 87.5 cm³/mol. The molecule has 3 rings (SSSR count). The topological polar surface area (TPSA) is 52.2 Å². The van der Waals surface area contributed by atoms with Crippen LogP contribution in [0.15, 0.2) is 39.5 Å². The Morgan fingerprint density at radius 1 is 1.23 bits per heavy atom. The molecule has 0 N–H and O–H groups in total. The summed E-state index contributed by atoms with van der Waals surface area (Å²) < 4.78 is 7.09. The molecule has 0 radical (unpaired) electrons. The van der Waals surface area contributed by atoms with Gasteiger partial charge in [-0.2, -0.15) is 0 Å². The van der Waals surface area contributed by atoms with Gasteiger partial charge < -0.3 is 4.42 Å². The highest BCUT2D eigenvalue weighted by molar-refractivity contribution is 6.11. The SMILES string of the molecule is CCCCCc1cc(=O)oc2c3ccccc3n(C(C)=O)c12. The molecule has 0 spiro atoms. The number of carbonyl (C=O) groups excluding carboxylic acids is 1. The zero-order valence-corrected chi connectivity index (χ0v) is 12.9. The molecule has 1 aromatic carbocycles. The lowest BCUT2D eigenvalue weighted by atomic mass is 10.1. The Labute approximate surface area is 128 Å². The number of carbonyl (C=O) groups is 1. The molecule has 0 atom stereocenters. The number of fused-ring (bicyclic) bond motifs is 3. The van der Waals surface area contributed by atoms with Gasteiger partial charge in [-0.25, -0.2) is 4.79 Å².